The minimum atomic E-state index is -0.770. The summed E-state index contributed by atoms with van der Waals surface area (Å²) in [5.41, 5.74) is 1.36. The molecule has 6 rings (SSSR count). The standard InChI is InChI=1S/C31H27N3O8/c1-5-8-28(35)41-23-10-7-6-9-22(23)33(2)31(37)42-27-12-18-17(11-24(27)38-4)20-15-32-21-14-26-25(39-16-40-26)13-19(21)29(20)34(3)30(18)36/h6-7,9-15H,5,8,16H2,1-4H3. The zero-order chi connectivity index (χ0) is 29.5. The first-order valence-electron chi connectivity index (χ1n) is 13.3. The van der Waals surface area contributed by atoms with Crippen molar-refractivity contribution >= 4 is 50.3 Å². The lowest BCUT2D eigenvalue weighted by atomic mass is 10.0. The van der Waals surface area contributed by atoms with Crippen molar-refractivity contribution in [1.82, 2.24) is 9.55 Å². The summed E-state index contributed by atoms with van der Waals surface area (Å²) in [6.45, 7) is 1.99. The molecule has 1 amide bonds. The van der Waals surface area contributed by atoms with Crippen molar-refractivity contribution < 1.29 is 33.3 Å². The van der Waals surface area contributed by atoms with Crippen LogP contribution in [0.5, 0.6) is 28.7 Å². The van der Waals surface area contributed by atoms with E-state index in [9.17, 15) is 14.4 Å². The van der Waals surface area contributed by atoms with Crippen molar-refractivity contribution in [2.75, 3.05) is 25.9 Å². The van der Waals surface area contributed by atoms with E-state index < -0.39 is 12.1 Å². The number of amides is 1. The average Bonchev–Trinajstić information content (AvgIpc) is 3.45. The van der Waals surface area contributed by atoms with Gasteiger partial charge in [0.2, 0.25) is 6.79 Å². The van der Waals surface area contributed by atoms with E-state index in [1.165, 1.54) is 29.7 Å². The molecule has 0 radical (unpaired) electrons. The first kappa shape index (κ1) is 26.9. The van der Waals surface area contributed by atoms with Crippen LogP contribution >= 0.6 is 0 Å². The number of methoxy groups -OCH3 is 1. The molecule has 0 saturated carbocycles. The molecule has 1 aliphatic heterocycles. The lowest BCUT2D eigenvalue weighted by Crippen LogP contribution is -2.30. The van der Waals surface area contributed by atoms with Gasteiger partial charge in [-0.05, 0) is 36.8 Å². The van der Waals surface area contributed by atoms with E-state index in [1.54, 1.807) is 49.6 Å². The number of fused-ring (bicyclic) bond motifs is 6. The topological polar surface area (TPSA) is 118 Å². The van der Waals surface area contributed by atoms with Crippen LogP contribution < -0.4 is 34.1 Å². The SMILES string of the molecule is CCCC(=O)Oc1ccccc1N(C)C(=O)Oc1cc2c(=O)n(C)c3c4cc5c(cc4ncc3c2cc1OC)OCO5. The zero-order valence-corrected chi connectivity index (χ0v) is 23.4. The minimum Gasteiger partial charge on any atom is -0.493 e. The van der Waals surface area contributed by atoms with Gasteiger partial charge in [-0.2, -0.15) is 0 Å². The highest BCUT2D eigenvalue weighted by Gasteiger charge is 2.23. The maximum Gasteiger partial charge on any atom is 0.419 e. The summed E-state index contributed by atoms with van der Waals surface area (Å²) in [5.74, 6) is 1.29. The number of carbonyl (C=O) groups excluding carboxylic acids is 2. The predicted octanol–water partition coefficient (Wildman–Crippen LogP) is 5.32. The second kappa shape index (κ2) is 10.6. The summed E-state index contributed by atoms with van der Waals surface area (Å²) in [6, 6.07) is 13.4. The Morgan fingerprint density at radius 1 is 0.952 bits per heavy atom. The predicted molar refractivity (Wildman–Crippen MR) is 156 cm³/mol. The second-order valence-electron chi connectivity index (χ2n) is 9.77. The van der Waals surface area contributed by atoms with E-state index in [-0.39, 0.29) is 36.0 Å². The fourth-order valence-electron chi connectivity index (χ4n) is 5.07. The molecule has 11 heteroatoms. The molecule has 5 aromatic rings. The van der Waals surface area contributed by atoms with Gasteiger partial charge in [0.05, 0.1) is 29.2 Å². The van der Waals surface area contributed by atoms with Gasteiger partial charge in [0.15, 0.2) is 28.7 Å². The van der Waals surface area contributed by atoms with Gasteiger partial charge in [-0.25, -0.2) is 4.79 Å². The molecule has 0 aliphatic carbocycles. The molecule has 42 heavy (non-hydrogen) atoms. The Morgan fingerprint density at radius 2 is 1.69 bits per heavy atom. The van der Waals surface area contributed by atoms with Crippen LogP contribution in [0.15, 0.2) is 59.5 Å². The second-order valence-corrected chi connectivity index (χ2v) is 9.77. The van der Waals surface area contributed by atoms with Gasteiger partial charge < -0.3 is 28.3 Å². The van der Waals surface area contributed by atoms with Crippen LogP contribution in [0.1, 0.15) is 19.8 Å². The first-order chi connectivity index (χ1) is 20.3. The summed E-state index contributed by atoms with van der Waals surface area (Å²) >= 11 is 0. The van der Waals surface area contributed by atoms with Crippen molar-refractivity contribution in [3.8, 4) is 28.7 Å². The highest BCUT2D eigenvalue weighted by Crippen LogP contribution is 2.40. The van der Waals surface area contributed by atoms with Crippen LogP contribution in [-0.2, 0) is 11.8 Å². The van der Waals surface area contributed by atoms with Gasteiger partial charge in [-0.3, -0.25) is 19.5 Å². The molecule has 11 nitrogen and oxygen atoms in total. The minimum absolute atomic E-state index is 0.0517. The Balaban J connectivity index is 1.41. The largest absolute Gasteiger partial charge is 0.493 e. The van der Waals surface area contributed by atoms with Crippen LogP contribution in [0.2, 0.25) is 0 Å². The molecule has 1 aliphatic rings. The number of esters is 1. The fraction of sp³-hybridized carbons (Fsp3) is 0.226. The Morgan fingerprint density at radius 3 is 2.45 bits per heavy atom. The van der Waals surface area contributed by atoms with Crippen LogP contribution in [0.3, 0.4) is 0 Å². The Hall–Kier alpha value is -5.32. The van der Waals surface area contributed by atoms with Crippen molar-refractivity contribution in [1.29, 1.82) is 0 Å². The van der Waals surface area contributed by atoms with Gasteiger partial charge in [-0.1, -0.05) is 19.1 Å². The molecule has 0 fully saturated rings. The Kier molecular flexibility index (Phi) is 6.77. The number of hydrogen-bond acceptors (Lipinski definition) is 9. The van der Waals surface area contributed by atoms with Gasteiger partial charge in [-0.15, -0.1) is 0 Å². The van der Waals surface area contributed by atoms with E-state index >= 15 is 0 Å². The number of aromatic nitrogens is 2. The Bertz CT molecular complexity index is 1970. The maximum absolute atomic E-state index is 13.7. The summed E-state index contributed by atoms with van der Waals surface area (Å²) < 4.78 is 29.3. The van der Waals surface area contributed by atoms with E-state index in [0.29, 0.717) is 50.8 Å². The number of hydrogen-bond donors (Lipinski definition) is 0. The average molecular weight is 570 g/mol. The van der Waals surface area contributed by atoms with Gasteiger partial charge in [0.25, 0.3) is 5.56 Å². The van der Waals surface area contributed by atoms with Crippen molar-refractivity contribution in [3.63, 3.8) is 0 Å². The lowest BCUT2D eigenvalue weighted by molar-refractivity contribution is -0.134. The third-order valence-electron chi connectivity index (χ3n) is 7.17. The molecule has 0 unspecified atom stereocenters. The highest BCUT2D eigenvalue weighted by atomic mass is 16.7. The number of carbonyl (C=O) groups is 2. The molecule has 3 heterocycles. The third-order valence-corrected chi connectivity index (χ3v) is 7.17. The van der Waals surface area contributed by atoms with Gasteiger partial charge >= 0.3 is 12.1 Å². The van der Waals surface area contributed by atoms with Crippen LogP contribution in [0.25, 0.3) is 32.6 Å². The zero-order valence-electron chi connectivity index (χ0n) is 23.4. The molecular formula is C31H27N3O8. The normalized spacial score (nSPS) is 12.1. The Labute approximate surface area is 239 Å². The number of nitrogens with zero attached hydrogens (tertiary/aromatic N) is 3. The number of anilines is 1. The number of aryl methyl sites for hydroxylation is 1. The number of para-hydroxylation sites is 2. The molecule has 0 spiro atoms. The first-order valence-corrected chi connectivity index (χ1v) is 13.3. The molecule has 0 bridgehead atoms. The van der Waals surface area contributed by atoms with Crippen molar-refractivity contribution in [3.05, 3.63) is 65.1 Å². The lowest BCUT2D eigenvalue weighted by Gasteiger charge is -2.20. The monoisotopic (exact) mass is 569 g/mol. The summed E-state index contributed by atoms with van der Waals surface area (Å²) in [5, 5.41) is 2.33. The molecule has 0 saturated heterocycles. The van der Waals surface area contributed by atoms with Crippen LogP contribution in [0, 0.1) is 0 Å². The number of pyridine rings is 2. The molecule has 3 aromatic carbocycles. The maximum atomic E-state index is 13.7. The quantitative estimate of drug-likeness (QED) is 0.152. The van der Waals surface area contributed by atoms with Crippen molar-refractivity contribution in [2.45, 2.75) is 19.8 Å². The molecule has 2 aromatic heterocycles. The van der Waals surface area contributed by atoms with Crippen LogP contribution in [-0.4, -0.2) is 42.6 Å². The number of ether oxygens (including phenoxy) is 5. The van der Waals surface area contributed by atoms with Crippen molar-refractivity contribution in [2.24, 2.45) is 7.05 Å². The number of rotatable bonds is 6. The fourth-order valence-corrected chi connectivity index (χ4v) is 5.07. The van der Waals surface area contributed by atoms with E-state index in [4.69, 9.17) is 23.7 Å². The van der Waals surface area contributed by atoms with Crippen LogP contribution in [0.4, 0.5) is 10.5 Å². The van der Waals surface area contributed by atoms with Gasteiger partial charge in [0.1, 0.15) is 0 Å². The number of benzene rings is 3. The molecular weight excluding hydrogens is 542 g/mol. The van der Waals surface area contributed by atoms with E-state index in [1.807, 2.05) is 13.0 Å². The van der Waals surface area contributed by atoms with E-state index in [2.05, 4.69) is 4.98 Å². The third kappa shape index (κ3) is 4.48. The molecule has 0 N–H and O–H groups in total. The molecule has 214 valence electrons. The van der Waals surface area contributed by atoms with E-state index in [0.717, 1.165) is 5.39 Å². The smallest absolute Gasteiger partial charge is 0.419 e. The van der Waals surface area contributed by atoms with Gasteiger partial charge in [0, 0.05) is 48.9 Å². The summed E-state index contributed by atoms with van der Waals surface area (Å²) in [7, 11) is 4.62. The summed E-state index contributed by atoms with van der Waals surface area (Å²) in [4.78, 5) is 44.9. The molecule has 0 atom stereocenters. The summed E-state index contributed by atoms with van der Waals surface area (Å²) in [6.07, 6.45) is 1.80. The highest BCUT2D eigenvalue weighted by molar-refractivity contribution is 6.15.